The van der Waals surface area contributed by atoms with E-state index in [0.717, 1.165) is 22.6 Å². The van der Waals surface area contributed by atoms with E-state index in [1.807, 2.05) is 50.2 Å². The summed E-state index contributed by atoms with van der Waals surface area (Å²) in [7, 11) is 3.24. The van der Waals surface area contributed by atoms with Crippen LogP contribution in [-0.4, -0.2) is 33.6 Å². The van der Waals surface area contributed by atoms with Gasteiger partial charge in [-0.05, 0) is 55.3 Å². The van der Waals surface area contributed by atoms with E-state index in [1.54, 1.807) is 20.4 Å². The van der Waals surface area contributed by atoms with E-state index in [0.29, 0.717) is 31.3 Å². The summed E-state index contributed by atoms with van der Waals surface area (Å²) in [6.45, 7) is 5.65. The normalized spacial score (nSPS) is 10.6. The van der Waals surface area contributed by atoms with Crippen molar-refractivity contribution in [3.05, 3.63) is 47.5 Å². The van der Waals surface area contributed by atoms with Gasteiger partial charge in [-0.15, -0.1) is 0 Å². The first kappa shape index (κ1) is 19.4. The SMILES string of the molecule is CCOc1ccc(/C=N/NCc2ccc(OC)c(OC)c2)cc1OCC. The van der Waals surface area contributed by atoms with Crippen LogP contribution in [0.25, 0.3) is 0 Å². The van der Waals surface area contributed by atoms with E-state index < -0.39 is 0 Å². The van der Waals surface area contributed by atoms with Crippen LogP contribution in [-0.2, 0) is 6.54 Å². The predicted octanol–water partition coefficient (Wildman–Crippen LogP) is 3.62. The Kier molecular flexibility index (Phi) is 7.61. The van der Waals surface area contributed by atoms with E-state index in [2.05, 4.69) is 10.5 Å². The summed E-state index contributed by atoms with van der Waals surface area (Å²) in [6.07, 6.45) is 1.75. The first-order valence-electron chi connectivity index (χ1n) is 8.58. The first-order valence-corrected chi connectivity index (χ1v) is 8.58. The second-order valence-corrected chi connectivity index (χ2v) is 5.35. The van der Waals surface area contributed by atoms with Gasteiger partial charge in [0.25, 0.3) is 0 Å². The molecule has 0 aromatic heterocycles. The lowest BCUT2D eigenvalue weighted by Crippen LogP contribution is -2.06. The topological polar surface area (TPSA) is 61.3 Å². The Labute approximate surface area is 154 Å². The molecule has 2 rings (SSSR count). The molecule has 2 aromatic carbocycles. The summed E-state index contributed by atoms with van der Waals surface area (Å²) in [4.78, 5) is 0. The number of rotatable bonds is 10. The van der Waals surface area contributed by atoms with Crippen LogP contribution in [0.5, 0.6) is 23.0 Å². The summed E-state index contributed by atoms with van der Waals surface area (Å²) in [5, 5.41) is 4.27. The van der Waals surface area contributed by atoms with Crippen LogP contribution in [0.2, 0.25) is 0 Å². The van der Waals surface area contributed by atoms with Gasteiger partial charge >= 0.3 is 0 Å². The molecule has 0 saturated carbocycles. The molecular formula is C20H26N2O4. The number of nitrogens with one attached hydrogen (secondary N) is 1. The molecule has 0 fully saturated rings. The van der Waals surface area contributed by atoms with Gasteiger partial charge in [-0.3, -0.25) is 0 Å². The first-order chi connectivity index (χ1) is 12.7. The molecule has 0 bridgehead atoms. The van der Waals surface area contributed by atoms with Crippen molar-refractivity contribution in [1.82, 2.24) is 5.43 Å². The van der Waals surface area contributed by atoms with Crippen molar-refractivity contribution in [2.75, 3.05) is 27.4 Å². The van der Waals surface area contributed by atoms with Crippen molar-refractivity contribution in [2.45, 2.75) is 20.4 Å². The summed E-state index contributed by atoms with van der Waals surface area (Å²) in [6, 6.07) is 11.5. The van der Waals surface area contributed by atoms with Gasteiger partial charge in [0.1, 0.15) is 0 Å². The van der Waals surface area contributed by atoms with Gasteiger partial charge in [0.15, 0.2) is 23.0 Å². The van der Waals surface area contributed by atoms with E-state index in [4.69, 9.17) is 18.9 Å². The fourth-order valence-corrected chi connectivity index (χ4v) is 2.40. The third-order valence-corrected chi connectivity index (χ3v) is 3.60. The summed E-state index contributed by atoms with van der Waals surface area (Å²) in [5.41, 5.74) is 5.00. The number of nitrogens with zero attached hydrogens (tertiary/aromatic N) is 1. The molecule has 140 valence electrons. The highest BCUT2D eigenvalue weighted by molar-refractivity contribution is 5.80. The molecule has 0 spiro atoms. The molecule has 26 heavy (non-hydrogen) atoms. The lowest BCUT2D eigenvalue weighted by molar-refractivity contribution is 0.288. The van der Waals surface area contributed by atoms with Crippen LogP contribution in [0.4, 0.5) is 0 Å². The summed E-state index contributed by atoms with van der Waals surface area (Å²) in [5.74, 6) is 2.87. The smallest absolute Gasteiger partial charge is 0.161 e. The summed E-state index contributed by atoms with van der Waals surface area (Å²) >= 11 is 0. The Morgan fingerprint density at radius 1 is 0.846 bits per heavy atom. The van der Waals surface area contributed by atoms with E-state index in [9.17, 15) is 0 Å². The minimum atomic E-state index is 0.576. The zero-order chi connectivity index (χ0) is 18.8. The number of hydrogen-bond donors (Lipinski definition) is 1. The quantitative estimate of drug-likeness (QED) is 0.519. The van der Waals surface area contributed by atoms with Crippen LogP contribution in [0, 0.1) is 0 Å². The molecule has 0 amide bonds. The van der Waals surface area contributed by atoms with Crippen molar-refractivity contribution in [1.29, 1.82) is 0 Å². The molecule has 6 nitrogen and oxygen atoms in total. The van der Waals surface area contributed by atoms with Gasteiger partial charge < -0.3 is 24.4 Å². The van der Waals surface area contributed by atoms with Gasteiger partial charge in [0.2, 0.25) is 0 Å². The standard InChI is InChI=1S/C20H26N2O4/c1-5-25-18-10-8-16(12-20(18)26-6-2)14-22-21-13-15-7-9-17(23-3)19(11-15)24-4/h7-12,14,21H,5-6,13H2,1-4H3/b22-14+. The minimum Gasteiger partial charge on any atom is -0.493 e. The third kappa shape index (κ3) is 5.31. The van der Waals surface area contributed by atoms with Crippen molar-refractivity contribution < 1.29 is 18.9 Å². The zero-order valence-electron chi connectivity index (χ0n) is 15.7. The number of hydrazone groups is 1. The summed E-state index contributed by atoms with van der Waals surface area (Å²) < 4.78 is 21.7. The second-order valence-electron chi connectivity index (χ2n) is 5.35. The van der Waals surface area contributed by atoms with Crippen LogP contribution in [0.15, 0.2) is 41.5 Å². The van der Waals surface area contributed by atoms with Crippen LogP contribution in [0.3, 0.4) is 0 Å². The molecule has 0 saturated heterocycles. The Morgan fingerprint density at radius 3 is 2.23 bits per heavy atom. The fourth-order valence-electron chi connectivity index (χ4n) is 2.40. The van der Waals surface area contributed by atoms with Crippen LogP contribution in [0.1, 0.15) is 25.0 Å². The number of methoxy groups -OCH3 is 2. The van der Waals surface area contributed by atoms with Gasteiger partial charge in [0, 0.05) is 0 Å². The number of benzene rings is 2. The van der Waals surface area contributed by atoms with Gasteiger partial charge in [0.05, 0.1) is 40.2 Å². The molecule has 0 aliphatic carbocycles. The van der Waals surface area contributed by atoms with Crippen molar-refractivity contribution in [3.63, 3.8) is 0 Å². The third-order valence-electron chi connectivity index (χ3n) is 3.60. The van der Waals surface area contributed by atoms with Crippen molar-refractivity contribution >= 4 is 6.21 Å². The highest BCUT2D eigenvalue weighted by Crippen LogP contribution is 2.28. The van der Waals surface area contributed by atoms with Crippen molar-refractivity contribution in [3.8, 4) is 23.0 Å². The van der Waals surface area contributed by atoms with Crippen LogP contribution < -0.4 is 24.4 Å². The maximum atomic E-state index is 5.62. The number of hydrogen-bond acceptors (Lipinski definition) is 6. The molecule has 6 heteroatoms. The molecular weight excluding hydrogens is 332 g/mol. The molecule has 1 N–H and O–H groups in total. The molecule has 2 aromatic rings. The van der Waals surface area contributed by atoms with E-state index in [1.165, 1.54) is 0 Å². The molecule has 0 aliphatic heterocycles. The van der Waals surface area contributed by atoms with E-state index >= 15 is 0 Å². The van der Waals surface area contributed by atoms with Crippen molar-refractivity contribution in [2.24, 2.45) is 5.10 Å². The van der Waals surface area contributed by atoms with Crippen LogP contribution >= 0.6 is 0 Å². The highest BCUT2D eigenvalue weighted by atomic mass is 16.5. The predicted molar refractivity (Wildman–Crippen MR) is 103 cm³/mol. The molecule has 0 heterocycles. The fraction of sp³-hybridized carbons (Fsp3) is 0.350. The highest BCUT2D eigenvalue weighted by Gasteiger charge is 2.05. The minimum absolute atomic E-state index is 0.576. The monoisotopic (exact) mass is 358 g/mol. The number of ether oxygens (including phenoxy) is 4. The second kappa shape index (κ2) is 10.2. The zero-order valence-corrected chi connectivity index (χ0v) is 15.7. The molecule has 0 aliphatic rings. The molecule has 0 radical (unpaired) electrons. The average Bonchev–Trinajstić information content (AvgIpc) is 2.67. The molecule has 0 atom stereocenters. The lowest BCUT2D eigenvalue weighted by Gasteiger charge is -2.11. The van der Waals surface area contributed by atoms with Gasteiger partial charge in [-0.1, -0.05) is 6.07 Å². The Morgan fingerprint density at radius 2 is 1.54 bits per heavy atom. The largest absolute Gasteiger partial charge is 0.493 e. The van der Waals surface area contributed by atoms with Gasteiger partial charge in [-0.25, -0.2) is 0 Å². The Balaban J connectivity index is 1.99. The average molecular weight is 358 g/mol. The lowest BCUT2D eigenvalue weighted by atomic mass is 10.2. The van der Waals surface area contributed by atoms with Gasteiger partial charge in [-0.2, -0.15) is 5.10 Å². The Hall–Kier alpha value is -2.89. The Bertz CT molecular complexity index is 732. The maximum Gasteiger partial charge on any atom is 0.161 e. The van der Waals surface area contributed by atoms with E-state index in [-0.39, 0.29) is 0 Å². The maximum absolute atomic E-state index is 5.62. The molecule has 0 unspecified atom stereocenters.